The summed E-state index contributed by atoms with van der Waals surface area (Å²) in [5.74, 6) is -1.51. The summed E-state index contributed by atoms with van der Waals surface area (Å²) in [6.45, 7) is -0.155. The number of hydrogen-bond donors (Lipinski definition) is 1. The molecule has 1 saturated heterocycles. The Balaban J connectivity index is 1.66. The van der Waals surface area contributed by atoms with E-state index in [1.54, 1.807) is 12.1 Å². The van der Waals surface area contributed by atoms with Crippen molar-refractivity contribution in [1.29, 1.82) is 0 Å². The fraction of sp³-hybridized carbons (Fsp3) is 0.333. The van der Waals surface area contributed by atoms with Crippen LogP contribution in [0.2, 0.25) is 5.02 Å². The molecule has 8 heteroatoms. The molecule has 2 atom stereocenters. The van der Waals surface area contributed by atoms with Gasteiger partial charge in [0.1, 0.15) is 6.04 Å². The number of aliphatic carboxylic acids is 1. The Bertz CT molecular complexity index is 1070. The summed E-state index contributed by atoms with van der Waals surface area (Å²) < 4.78 is 26.2. The molecule has 2 aromatic rings. The first-order chi connectivity index (χ1) is 13.8. The molecule has 152 valence electrons. The van der Waals surface area contributed by atoms with E-state index in [2.05, 4.69) is 0 Å². The molecule has 6 nitrogen and oxygen atoms in total. The molecule has 0 spiro atoms. The van der Waals surface area contributed by atoms with Crippen LogP contribution in [0.25, 0.3) is 0 Å². The zero-order chi connectivity index (χ0) is 20.8. The van der Waals surface area contributed by atoms with Crippen molar-refractivity contribution in [1.82, 2.24) is 4.90 Å². The van der Waals surface area contributed by atoms with Crippen LogP contribution < -0.4 is 0 Å². The number of hydrogen-bond acceptors (Lipinski definition) is 4. The number of rotatable bonds is 5. The van der Waals surface area contributed by atoms with Crippen LogP contribution in [0.1, 0.15) is 24.8 Å². The number of nitrogens with zero attached hydrogens (tertiary/aromatic N) is 1. The number of amides is 1. The number of carboxylic acid groups (broad SMARTS) is 1. The lowest BCUT2D eigenvalue weighted by molar-refractivity contribution is -0.149. The highest BCUT2D eigenvalue weighted by atomic mass is 35.5. The van der Waals surface area contributed by atoms with Gasteiger partial charge in [-0.2, -0.15) is 0 Å². The fourth-order valence-corrected chi connectivity index (χ4v) is 6.34. The third kappa shape index (κ3) is 3.32. The van der Waals surface area contributed by atoms with Crippen LogP contribution in [0.4, 0.5) is 0 Å². The highest BCUT2D eigenvalue weighted by Gasteiger charge is 2.57. The molecule has 2 aromatic carbocycles. The largest absolute Gasteiger partial charge is 0.480 e. The van der Waals surface area contributed by atoms with Crippen LogP contribution in [-0.4, -0.2) is 48.1 Å². The molecule has 1 N–H and O–H groups in total. The topological polar surface area (TPSA) is 91.8 Å². The van der Waals surface area contributed by atoms with Crippen molar-refractivity contribution in [2.75, 3.05) is 6.54 Å². The summed E-state index contributed by atoms with van der Waals surface area (Å²) in [4.78, 5) is 26.4. The summed E-state index contributed by atoms with van der Waals surface area (Å²) in [5.41, 5.74) is 0.0874. The van der Waals surface area contributed by atoms with Gasteiger partial charge in [-0.3, -0.25) is 4.79 Å². The Morgan fingerprint density at radius 2 is 1.66 bits per heavy atom. The van der Waals surface area contributed by atoms with Crippen molar-refractivity contribution in [3.05, 3.63) is 65.2 Å². The van der Waals surface area contributed by atoms with Gasteiger partial charge in [-0.1, -0.05) is 54.1 Å². The van der Waals surface area contributed by atoms with Gasteiger partial charge >= 0.3 is 5.97 Å². The Kier molecular flexibility index (Phi) is 4.91. The van der Waals surface area contributed by atoms with Gasteiger partial charge in [0.2, 0.25) is 5.91 Å². The van der Waals surface area contributed by atoms with Crippen molar-refractivity contribution < 1.29 is 23.1 Å². The van der Waals surface area contributed by atoms with E-state index in [-0.39, 0.29) is 28.8 Å². The molecule has 2 unspecified atom stereocenters. The number of carboxylic acids is 1. The van der Waals surface area contributed by atoms with Crippen LogP contribution in [0.5, 0.6) is 0 Å². The van der Waals surface area contributed by atoms with Crippen molar-refractivity contribution in [3.8, 4) is 0 Å². The maximum Gasteiger partial charge on any atom is 0.326 e. The molecule has 0 bridgehead atoms. The van der Waals surface area contributed by atoms with Gasteiger partial charge in [-0.15, -0.1) is 0 Å². The number of sulfone groups is 1. The molecule has 2 fully saturated rings. The monoisotopic (exact) mass is 433 g/mol. The van der Waals surface area contributed by atoms with Crippen LogP contribution in [-0.2, 0) is 24.8 Å². The first-order valence-corrected chi connectivity index (χ1v) is 11.3. The van der Waals surface area contributed by atoms with Crippen molar-refractivity contribution in [2.45, 2.75) is 40.9 Å². The number of carbonyl (C=O) groups excluding carboxylic acids is 1. The van der Waals surface area contributed by atoms with Crippen LogP contribution >= 0.6 is 11.6 Å². The Morgan fingerprint density at radius 1 is 1.03 bits per heavy atom. The van der Waals surface area contributed by atoms with E-state index < -0.39 is 32.5 Å². The normalized spacial score (nSPS) is 23.0. The number of likely N-dealkylation sites (tertiary alicyclic amines) is 1. The fourth-order valence-electron chi connectivity index (χ4n) is 4.12. The molecular weight excluding hydrogens is 414 g/mol. The number of benzene rings is 2. The quantitative estimate of drug-likeness (QED) is 0.782. The Labute approximate surface area is 174 Å². The third-order valence-corrected chi connectivity index (χ3v) is 8.51. The van der Waals surface area contributed by atoms with E-state index in [9.17, 15) is 23.1 Å². The summed E-state index contributed by atoms with van der Waals surface area (Å²) in [6, 6.07) is 14.2. The lowest BCUT2D eigenvalue weighted by Gasteiger charge is -2.27. The van der Waals surface area contributed by atoms with Gasteiger partial charge in [0.15, 0.2) is 9.84 Å². The van der Waals surface area contributed by atoms with E-state index in [1.165, 1.54) is 17.0 Å². The molecule has 2 aliphatic rings. The minimum atomic E-state index is -3.88. The van der Waals surface area contributed by atoms with Crippen molar-refractivity contribution in [2.24, 2.45) is 0 Å². The van der Waals surface area contributed by atoms with Crippen molar-refractivity contribution >= 4 is 33.3 Å². The van der Waals surface area contributed by atoms with Gasteiger partial charge in [0.25, 0.3) is 0 Å². The molecule has 1 amide bonds. The third-order valence-electron chi connectivity index (χ3n) is 5.88. The second kappa shape index (κ2) is 7.15. The predicted octanol–water partition coefficient (Wildman–Crippen LogP) is 2.90. The van der Waals surface area contributed by atoms with E-state index in [1.807, 2.05) is 30.3 Å². The molecule has 1 aliphatic carbocycles. The molecule has 29 heavy (non-hydrogen) atoms. The number of halogens is 1. The molecule has 0 aromatic heterocycles. The first kappa shape index (κ1) is 19.9. The van der Waals surface area contributed by atoms with E-state index >= 15 is 0 Å². The highest BCUT2D eigenvalue weighted by Crippen LogP contribution is 2.50. The number of carbonyl (C=O) groups is 2. The van der Waals surface area contributed by atoms with E-state index in [0.29, 0.717) is 12.8 Å². The maximum absolute atomic E-state index is 13.4. The van der Waals surface area contributed by atoms with Crippen LogP contribution in [0.3, 0.4) is 0 Å². The molecule has 1 aliphatic heterocycles. The minimum Gasteiger partial charge on any atom is -0.480 e. The summed E-state index contributed by atoms with van der Waals surface area (Å²) in [6.07, 6.45) is 1.10. The second-order valence-corrected chi connectivity index (χ2v) is 10.2. The zero-order valence-electron chi connectivity index (χ0n) is 15.5. The summed E-state index contributed by atoms with van der Waals surface area (Å²) in [5, 5.41) is 8.76. The average molecular weight is 434 g/mol. The molecule has 0 radical (unpaired) electrons. The smallest absolute Gasteiger partial charge is 0.326 e. The molecule has 1 heterocycles. The standard InChI is InChI=1S/C21H20ClNO5S/c22-16-8-4-5-9-18(16)29(27,28)15-12-17(19(24)25)23(13-15)20(26)21(10-11-21)14-6-2-1-3-7-14/h1-9,15,17H,10-13H2,(H,24,25). The average Bonchev–Trinajstić information content (AvgIpc) is 3.39. The molecule has 1 saturated carbocycles. The molecular formula is C21H20ClNO5S. The summed E-state index contributed by atoms with van der Waals surface area (Å²) >= 11 is 6.07. The Hall–Kier alpha value is -2.38. The zero-order valence-corrected chi connectivity index (χ0v) is 17.1. The van der Waals surface area contributed by atoms with E-state index in [4.69, 9.17) is 11.6 Å². The van der Waals surface area contributed by atoms with Crippen LogP contribution in [0.15, 0.2) is 59.5 Å². The molecule has 4 rings (SSSR count). The van der Waals surface area contributed by atoms with Crippen LogP contribution in [0, 0.1) is 0 Å². The summed E-state index contributed by atoms with van der Waals surface area (Å²) in [7, 11) is -3.88. The van der Waals surface area contributed by atoms with Gasteiger partial charge < -0.3 is 10.0 Å². The van der Waals surface area contributed by atoms with Gasteiger partial charge in [-0.05, 0) is 37.0 Å². The SMILES string of the molecule is O=C(O)C1CC(S(=O)(=O)c2ccccc2Cl)CN1C(=O)C1(c2ccccc2)CC1. The minimum absolute atomic E-state index is 0.0331. The highest BCUT2D eigenvalue weighted by molar-refractivity contribution is 7.92. The first-order valence-electron chi connectivity index (χ1n) is 9.35. The lowest BCUT2D eigenvalue weighted by Crippen LogP contribution is -2.46. The maximum atomic E-state index is 13.4. The Morgan fingerprint density at radius 3 is 2.24 bits per heavy atom. The van der Waals surface area contributed by atoms with Gasteiger partial charge in [0, 0.05) is 6.54 Å². The van der Waals surface area contributed by atoms with Crippen molar-refractivity contribution in [3.63, 3.8) is 0 Å². The lowest BCUT2D eigenvalue weighted by atomic mass is 9.94. The van der Waals surface area contributed by atoms with E-state index in [0.717, 1.165) is 5.56 Å². The second-order valence-electron chi connectivity index (χ2n) is 7.59. The predicted molar refractivity (Wildman–Crippen MR) is 108 cm³/mol. The van der Waals surface area contributed by atoms with Gasteiger partial charge in [-0.25, -0.2) is 13.2 Å². The van der Waals surface area contributed by atoms with Gasteiger partial charge in [0.05, 0.1) is 20.6 Å².